The van der Waals surface area contributed by atoms with Gasteiger partial charge in [-0.05, 0) is 43.3 Å². The number of rotatable bonds is 4. The molecule has 0 aliphatic heterocycles. The number of fused-ring (bicyclic) bond motifs is 1. The largest absolute Gasteiger partial charge is 0.328 e. The summed E-state index contributed by atoms with van der Waals surface area (Å²) in [6.07, 6.45) is 2.19. The Morgan fingerprint density at radius 1 is 1.00 bits per heavy atom. The second-order valence-electron chi connectivity index (χ2n) is 5.80. The maximum absolute atomic E-state index is 13.5. The number of benzene rings is 2. The first-order chi connectivity index (χ1) is 12.2. The first-order valence-corrected chi connectivity index (χ1v) is 8.09. The highest BCUT2D eigenvalue weighted by atomic mass is 19.1. The van der Waals surface area contributed by atoms with Gasteiger partial charge in [0, 0.05) is 25.2 Å². The van der Waals surface area contributed by atoms with Crippen molar-refractivity contribution < 1.29 is 8.78 Å². The van der Waals surface area contributed by atoms with Crippen molar-refractivity contribution in [2.75, 3.05) is 0 Å². The molecule has 0 aliphatic rings. The molecule has 0 N–H and O–H groups in total. The third kappa shape index (κ3) is 2.80. The van der Waals surface area contributed by atoms with Crippen LogP contribution in [0, 0.1) is 11.6 Å². The van der Waals surface area contributed by atoms with E-state index in [9.17, 15) is 8.78 Å². The minimum atomic E-state index is -0.310. The van der Waals surface area contributed by atoms with Gasteiger partial charge >= 0.3 is 0 Å². The molecule has 0 amide bonds. The zero-order valence-electron chi connectivity index (χ0n) is 13.7. The van der Waals surface area contributed by atoms with E-state index in [1.807, 2.05) is 13.0 Å². The second-order valence-corrected chi connectivity index (χ2v) is 5.80. The highest BCUT2D eigenvalue weighted by Crippen LogP contribution is 2.21. The zero-order chi connectivity index (χ0) is 17.4. The van der Waals surface area contributed by atoms with Crippen molar-refractivity contribution in [3.05, 3.63) is 77.9 Å². The molecule has 4 rings (SSSR count). The highest BCUT2D eigenvalue weighted by molar-refractivity contribution is 5.76. The van der Waals surface area contributed by atoms with Crippen LogP contribution in [0.2, 0.25) is 0 Å². The molecule has 2 aromatic carbocycles. The quantitative estimate of drug-likeness (QED) is 0.561. The van der Waals surface area contributed by atoms with E-state index in [0.717, 1.165) is 23.6 Å². The van der Waals surface area contributed by atoms with Crippen LogP contribution >= 0.6 is 0 Å². The van der Waals surface area contributed by atoms with Crippen LogP contribution in [-0.2, 0) is 13.0 Å². The smallest absolute Gasteiger partial charge is 0.125 e. The van der Waals surface area contributed by atoms with Crippen LogP contribution in [0.25, 0.3) is 16.7 Å². The van der Waals surface area contributed by atoms with Crippen molar-refractivity contribution in [1.29, 1.82) is 0 Å². The Morgan fingerprint density at radius 2 is 1.84 bits per heavy atom. The number of hydrogen-bond donors (Lipinski definition) is 0. The van der Waals surface area contributed by atoms with E-state index in [4.69, 9.17) is 0 Å². The summed E-state index contributed by atoms with van der Waals surface area (Å²) in [6, 6.07) is 12.8. The average Bonchev–Trinajstić information content (AvgIpc) is 3.18. The average molecular weight is 338 g/mol. The summed E-state index contributed by atoms with van der Waals surface area (Å²) in [4.78, 5) is 4.58. The van der Waals surface area contributed by atoms with Crippen LogP contribution in [0.5, 0.6) is 0 Å². The Morgan fingerprint density at radius 3 is 2.64 bits per heavy atom. The van der Waals surface area contributed by atoms with Gasteiger partial charge < -0.3 is 4.57 Å². The molecule has 126 valence electrons. The Bertz CT molecular complexity index is 1050. The maximum Gasteiger partial charge on any atom is 0.125 e. The number of aromatic nitrogens is 4. The van der Waals surface area contributed by atoms with E-state index in [1.54, 1.807) is 29.1 Å². The molecule has 2 aromatic heterocycles. The van der Waals surface area contributed by atoms with Crippen LogP contribution in [-0.4, -0.2) is 19.3 Å². The van der Waals surface area contributed by atoms with Gasteiger partial charge in [0.15, 0.2) is 0 Å². The van der Waals surface area contributed by atoms with Gasteiger partial charge in [-0.2, -0.15) is 5.10 Å². The Kier molecular flexibility index (Phi) is 3.80. The molecule has 2 heterocycles. The fourth-order valence-electron chi connectivity index (χ4n) is 3.11. The lowest BCUT2D eigenvalue weighted by molar-refractivity contribution is 0.624. The number of halogens is 2. The molecular weight excluding hydrogens is 322 g/mol. The van der Waals surface area contributed by atoms with Crippen molar-refractivity contribution in [3.8, 4) is 5.69 Å². The fourth-order valence-corrected chi connectivity index (χ4v) is 3.11. The molecule has 6 heteroatoms. The van der Waals surface area contributed by atoms with Gasteiger partial charge in [0.25, 0.3) is 0 Å². The van der Waals surface area contributed by atoms with Gasteiger partial charge in [-0.15, -0.1) is 0 Å². The molecule has 0 bridgehead atoms. The SMILES string of the molecule is CCn1c(Cc2ccnn2-c2cccc(F)c2)nc2cc(F)ccc21. The maximum atomic E-state index is 13.5. The molecule has 0 spiro atoms. The van der Waals surface area contributed by atoms with Crippen LogP contribution in [0.4, 0.5) is 8.78 Å². The van der Waals surface area contributed by atoms with Crippen LogP contribution < -0.4 is 0 Å². The number of hydrogen-bond acceptors (Lipinski definition) is 2. The minimum Gasteiger partial charge on any atom is -0.328 e. The summed E-state index contributed by atoms with van der Waals surface area (Å²) >= 11 is 0. The van der Waals surface area contributed by atoms with E-state index in [1.165, 1.54) is 24.3 Å². The Balaban J connectivity index is 1.77. The molecule has 0 aliphatic carbocycles. The summed E-state index contributed by atoms with van der Waals surface area (Å²) in [7, 11) is 0. The highest BCUT2D eigenvalue weighted by Gasteiger charge is 2.14. The first-order valence-electron chi connectivity index (χ1n) is 8.09. The fraction of sp³-hybridized carbons (Fsp3) is 0.158. The molecule has 25 heavy (non-hydrogen) atoms. The molecular formula is C19H16F2N4. The minimum absolute atomic E-state index is 0.301. The summed E-state index contributed by atoms with van der Waals surface area (Å²) in [5.41, 5.74) is 3.07. The monoisotopic (exact) mass is 338 g/mol. The van der Waals surface area contributed by atoms with Gasteiger partial charge in [-0.25, -0.2) is 18.4 Å². The Hall–Kier alpha value is -3.02. The first kappa shape index (κ1) is 15.5. The number of nitrogens with zero attached hydrogens (tertiary/aromatic N) is 4. The van der Waals surface area contributed by atoms with E-state index >= 15 is 0 Å². The van der Waals surface area contributed by atoms with E-state index in [2.05, 4.69) is 14.6 Å². The van der Waals surface area contributed by atoms with Crippen molar-refractivity contribution in [2.45, 2.75) is 19.9 Å². The summed E-state index contributed by atoms with van der Waals surface area (Å²) in [5.74, 6) is 0.209. The van der Waals surface area contributed by atoms with Gasteiger partial charge in [0.05, 0.1) is 22.4 Å². The van der Waals surface area contributed by atoms with Crippen molar-refractivity contribution in [3.63, 3.8) is 0 Å². The summed E-state index contributed by atoms with van der Waals surface area (Å²) < 4.78 is 30.8. The predicted molar refractivity (Wildman–Crippen MR) is 91.7 cm³/mol. The van der Waals surface area contributed by atoms with Crippen LogP contribution in [0.1, 0.15) is 18.4 Å². The van der Waals surface area contributed by atoms with E-state index in [-0.39, 0.29) is 11.6 Å². The third-order valence-corrected chi connectivity index (χ3v) is 4.22. The third-order valence-electron chi connectivity index (χ3n) is 4.22. The molecule has 0 fully saturated rings. The van der Waals surface area contributed by atoms with Gasteiger partial charge in [-0.3, -0.25) is 0 Å². The van der Waals surface area contributed by atoms with Crippen molar-refractivity contribution >= 4 is 11.0 Å². The molecule has 0 atom stereocenters. The lowest BCUT2D eigenvalue weighted by atomic mass is 10.2. The van der Waals surface area contributed by atoms with Gasteiger partial charge in [0.1, 0.15) is 17.5 Å². The van der Waals surface area contributed by atoms with E-state index in [0.29, 0.717) is 17.6 Å². The van der Waals surface area contributed by atoms with Gasteiger partial charge in [-0.1, -0.05) is 6.07 Å². The second kappa shape index (κ2) is 6.12. The van der Waals surface area contributed by atoms with E-state index < -0.39 is 0 Å². The number of aryl methyl sites for hydroxylation is 1. The van der Waals surface area contributed by atoms with Crippen LogP contribution in [0.3, 0.4) is 0 Å². The standard InChI is InChI=1S/C19H16F2N4/c1-2-24-18-7-6-14(21)11-17(18)23-19(24)12-16-8-9-22-25(16)15-5-3-4-13(20)10-15/h3-11H,2,12H2,1H3. The number of imidazole rings is 1. The van der Waals surface area contributed by atoms with Crippen molar-refractivity contribution in [2.24, 2.45) is 0 Å². The molecule has 0 unspecified atom stereocenters. The van der Waals surface area contributed by atoms with Crippen molar-refractivity contribution in [1.82, 2.24) is 19.3 Å². The lowest BCUT2D eigenvalue weighted by Crippen LogP contribution is -2.07. The summed E-state index contributed by atoms with van der Waals surface area (Å²) in [6.45, 7) is 2.75. The zero-order valence-corrected chi connectivity index (χ0v) is 13.7. The predicted octanol–water partition coefficient (Wildman–Crippen LogP) is 4.11. The normalized spacial score (nSPS) is 11.3. The topological polar surface area (TPSA) is 35.6 Å². The summed E-state index contributed by atoms with van der Waals surface area (Å²) in [5, 5.41) is 4.30. The van der Waals surface area contributed by atoms with Crippen LogP contribution in [0.15, 0.2) is 54.7 Å². The molecule has 4 aromatic rings. The molecule has 0 saturated heterocycles. The molecule has 0 radical (unpaired) electrons. The Labute approximate surface area is 143 Å². The van der Waals surface area contributed by atoms with Gasteiger partial charge in [0.2, 0.25) is 0 Å². The molecule has 0 saturated carbocycles. The lowest BCUT2D eigenvalue weighted by Gasteiger charge is -2.09. The molecule has 4 nitrogen and oxygen atoms in total.